The summed E-state index contributed by atoms with van der Waals surface area (Å²) in [7, 11) is 1.85. The third-order valence-electron chi connectivity index (χ3n) is 3.26. The van der Waals surface area contributed by atoms with Crippen LogP contribution in [0.15, 0.2) is 28.7 Å². The van der Waals surface area contributed by atoms with E-state index in [1.165, 1.54) is 0 Å². The highest BCUT2D eigenvalue weighted by atomic mass is 79.9. The lowest BCUT2D eigenvalue weighted by molar-refractivity contribution is -0.132. The Morgan fingerprint density at radius 3 is 2.30 bits per heavy atom. The zero-order valence-corrected chi connectivity index (χ0v) is 13.9. The number of aliphatic hydroxyl groups is 1. The molecule has 20 heavy (non-hydrogen) atoms. The summed E-state index contributed by atoms with van der Waals surface area (Å²) >= 11 is 3.37. The number of carbonyl (C=O) groups excluding carboxylic acids is 1. The van der Waals surface area contributed by atoms with Crippen molar-refractivity contribution in [2.24, 2.45) is 0 Å². The Hall–Kier alpha value is -0.910. The first-order valence-corrected chi connectivity index (χ1v) is 7.67. The molecular formula is C15H23BrN2O2. The molecule has 0 bridgehead atoms. The van der Waals surface area contributed by atoms with Crippen LogP contribution in [-0.4, -0.2) is 54.0 Å². The van der Waals surface area contributed by atoms with Crippen LogP contribution in [0, 0.1) is 0 Å². The summed E-state index contributed by atoms with van der Waals surface area (Å²) in [5.41, 5.74) is 0.857. The summed E-state index contributed by atoms with van der Waals surface area (Å²) in [6.07, 6.45) is -0.586. The van der Waals surface area contributed by atoms with Crippen molar-refractivity contribution in [3.8, 4) is 0 Å². The molecule has 0 radical (unpaired) electrons. The van der Waals surface area contributed by atoms with E-state index in [1.54, 1.807) is 4.90 Å². The van der Waals surface area contributed by atoms with E-state index in [9.17, 15) is 9.90 Å². The number of hydrogen-bond acceptors (Lipinski definition) is 3. The molecular weight excluding hydrogens is 320 g/mol. The Balaban J connectivity index is 2.51. The summed E-state index contributed by atoms with van der Waals surface area (Å²) in [4.78, 5) is 15.6. The van der Waals surface area contributed by atoms with Gasteiger partial charge >= 0.3 is 0 Å². The number of benzene rings is 1. The van der Waals surface area contributed by atoms with Gasteiger partial charge in [0.15, 0.2) is 0 Å². The smallest absolute Gasteiger partial charge is 0.236 e. The van der Waals surface area contributed by atoms with Crippen molar-refractivity contribution >= 4 is 21.8 Å². The van der Waals surface area contributed by atoms with Crippen LogP contribution < -0.4 is 0 Å². The first kappa shape index (κ1) is 17.1. The predicted octanol–water partition coefficient (Wildman–Crippen LogP) is 2.28. The van der Waals surface area contributed by atoms with Crippen LogP contribution in [-0.2, 0) is 4.79 Å². The molecule has 1 aromatic carbocycles. The minimum Gasteiger partial charge on any atom is -0.387 e. The highest BCUT2D eigenvalue weighted by Crippen LogP contribution is 2.17. The van der Waals surface area contributed by atoms with Gasteiger partial charge in [-0.2, -0.15) is 0 Å². The Bertz CT molecular complexity index is 418. The fourth-order valence-corrected chi connectivity index (χ4v) is 2.32. The van der Waals surface area contributed by atoms with Gasteiger partial charge in [-0.1, -0.05) is 28.1 Å². The summed E-state index contributed by atoms with van der Waals surface area (Å²) in [5, 5.41) is 10.2. The average Bonchev–Trinajstić information content (AvgIpc) is 2.40. The molecule has 0 spiro atoms. The molecule has 0 aromatic heterocycles. The zero-order valence-electron chi connectivity index (χ0n) is 12.3. The van der Waals surface area contributed by atoms with Crippen LogP contribution in [0.5, 0.6) is 0 Å². The van der Waals surface area contributed by atoms with Crippen molar-refractivity contribution in [2.45, 2.75) is 20.0 Å². The second-order valence-electron chi connectivity index (χ2n) is 4.83. The number of halogens is 1. The molecule has 0 aliphatic heterocycles. The highest BCUT2D eigenvalue weighted by molar-refractivity contribution is 9.10. The standard InChI is InChI=1S/C15H23BrN2O2/c1-4-18(5-2)15(20)11-17(3)10-14(19)12-6-8-13(16)9-7-12/h6-9,14,19H,4-5,10-11H2,1-3H3. The van der Waals surface area contributed by atoms with Gasteiger partial charge in [0.1, 0.15) is 0 Å². The van der Waals surface area contributed by atoms with E-state index >= 15 is 0 Å². The maximum absolute atomic E-state index is 12.0. The van der Waals surface area contributed by atoms with Gasteiger partial charge in [0.05, 0.1) is 12.6 Å². The molecule has 1 unspecified atom stereocenters. The molecule has 1 atom stereocenters. The Kier molecular flexibility index (Phi) is 7.19. The molecule has 0 saturated heterocycles. The molecule has 0 heterocycles. The number of nitrogens with zero attached hydrogens (tertiary/aromatic N) is 2. The number of hydrogen-bond donors (Lipinski definition) is 1. The molecule has 0 saturated carbocycles. The second-order valence-corrected chi connectivity index (χ2v) is 5.75. The van der Waals surface area contributed by atoms with Gasteiger partial charge in [-0.3, -0.25) is 9.69 Å². The van der Waals surface area contributed by atoms with Crippen LogP contribution in [0.2, 0.25) is 0 Å². The molecule has 0 aliphatic carbocycles. The Labute approximate surface area is 129 Å². The van der Waals surface area contributed by atoms with Crippen molar-refractivity contribution in [2.75, 3.05) is 33.2 Å². The maximum Gasteiger partial charge on any atom is 0.236 e. The largest absolute Gasteiger partial charge is 0.387 e. The number of rotatable bonds is 7. The van der Waals surface area contributed by atoms with Gasteiger partial charge in [0, 0.05) is 24.1 Å². The van der Waals surface area contributed by atoms with Gasteiger partial charge in [-0.05, 0) is 38.6 Å². The lowest BCUT2D eigenvalue weighted by Gasteiger charge is -2.24. The molecule has 1 aromatic rings. The van der Waals surface area contributed by atoms with Crippen molar-refractivity contribution < 1.29 is 9.90 Å². The zero-order chi connectivity index (χ0) is 15.1. The quantitative estimate of drug-likeness (QED) is 0.826. The van der Waals surface area contributed by atoms with E-state index in [1.807, 2.05) is 50.1 Å². The lowest BCUT2D eigenvalue weighted by Crippen LogP contribution is -2.40. The fourth-order valence-electron chi connectivity index (χ4n) is 2.06. The van der Waals surface area contributed by atoms with Crippen molar-refractivity contribution in [3.63, 3.8) is 0 Å². The minimum absolute atomic E-state index is 0.0977. The third kappa shape index (κ3) is 5.23. The normalized spacial score (nSPS) is 12.5. The third-order valence-corrected chi connectivity index (χ3v) is 3.79. The molecule has 1 rings (SSSR count). The number of amides is 1. The molecule has 112 valence electrons. The molecule has 4 nitrogen and oxygen atoms in total. The van der Waals surface area contributed by atoms with E-state index in [2.05, 4.69) is 15.9 Å². The second kappa shape index (κ2) is 8.39. The molecule has 1 amide bonds. The van der Waals surface area contributed by atoms with Crippen molar-refractivity contribution in [1.82, 2.24) is 9.80 Å². The Morgan fingerprint density at radius 1 is 1.25 bits per heavy atom. The summed E-state index contributed by atoms with van der Waals surface area (Å²) in [6.45, 7) is 6.15. The van der Waals surface area contributed by atoms with Gasteiger partial charge in [-0.15, -0.1) is 0 Å². The molecule has 1 N–H and O–H groups in total. The average molecular weight is 343 g/mol. The molecule has 0 aliphatic rings. The van der Waals surface area contributed by atoms with Crippen LogP contribution in [0.25, 0.3) is 0 Å². The SMILES string of the molecule is CCN(CC)C(=O)CN(C)CC(O)c1ccc(Br)cc1. The van der Waals surface area contributed by atoms with Crippen LogP contribution in [0.4, 0.5) is 0 Å². The van der Waals surface area contributed by atoms with Gasteiger partial charge in [0.25, 0.3) is 0 Å². The monoisotopic (exact) mass is 342 g/mol. The van der Waals surface area contributed by atoms with Crippen LogP contribution in [0.3, 0.4) is 0 Å². The minimum atomic E-state index is -0.586. The van der Waals surface area contributed by atoms with Gasteiger partial charge < -0.3 is 10.0 Å². The molecule has 5 heteroatoms. The predicted molar refractivity (Wildman–Crippen MR) is 84.5 cm³/mol. The van der Waals surface area contributed by atoms with E-state index in [0.717, 1.165) is 23.1 Å². The lowest BCUT2D eigenvalue weighted by atomic mass is 10.1. The number of aliphatic hydroxyl groups excluding tert-OH is 1. The summed E-state index contributed by atoms with van der Waals surface area (Å²) < 4.78 is 0.985. The molecule has 0 fully saturated rings. The first-order valence-electron chi connectivity index (χ1n) is 6.87. The van der Waals surface area contributed by atoms with Gasteiger partial charge in [-0.25, -0.2) is 0 Å². The van der Waals surface area contributed by atoms with Crippen molar-refractivity contribution in [1.29, 1.82) is 0 Å². The summed E-state index contributed by atoms with van der Waals surface area (Å²) in [6, 6.07) is 7.57. The topological polar surface area (TPSA) is 43.8 Å². The fraction of sp³-hybridized carbons (Fsp3) is 0.533. The summed E-state index contributed by atoms with van der Waals surface area (Å²) in [5.74, 6) is 0.0977. The van der Waals surface area contributed by atoms with E-state index in [-0.39, 0.29) is 5.91 Å². The number of likely N-dealkylation sites (N-methyl/N-ethyl adjacent to an activating group) is 2. The van der Waals surface area contributed by atoms with Crippen LogP contribution in [0.1, 0.15) is 25.5 Å². The van der Waals surface area contributed by atoms with Crippen molar-refractivity contribution in [3.05, 3.63) is 34.3 Å². The first-order chi connectivity index (χ1) is 9.47. The Morgan fingerprint density at radius 2 is 1.80 bits per heavy atom. The highest BCUT2D eigenvalue weighted by Gasteiger charge is 2.15. The van der Waals surface area contributed by atoms with E-state index < -0.39 is 6.10 Å². The van der Waals surface area contributed by atoms with Gasteiger partial charge in [0.2, 0.25) is 5.91 Å². The van der Waals surface area contributed by atoms with Crippen LogP contribution >= 0.6 is 15.9 Å². The maximum atomic E-state index is 12.0. The number of carbonyl (C=O) groups is 1. The van der Waals surface area contributed by atoms with E-state index in [4.69, 9.17) is 0 Å². The van der Waals surface area contributed by atoms with E-state index in [0.29, 0.717) is 13.1 Å².